The molecule has 0 spiro atoms. The van der Waals surface area contributed by atoms with Crippen LogP contribution in [0.5, 0.6) is 0 Å². The Morgan fingerprint density at radius 2 is 2.35 bits per heavy atom. The number of hydrogen-bond donors (Lipinski definition) is 1. The van der Waals surface area contributed by atoms with Crippen LogP contribution in [0.15, 0.2) is 17.5 Å². The predicted octanol–water partition coefficient (Wildman–Crippen LogP) is 3.11. The van der Waals surface area contributed by atoms with E-state index in [1.807, 2.05) is 11.0 Å². The molecular formula is C15H17N3OS. The van der Waals surface area contributed by atoms with Crippen molar-refractivity contribution in [2.24, 2.45) is 0 Å². The van der Waals surface area contributed by atoms with Crippen LogP contribution in [0.25, 0.3) is 0 Å². The Hall–Kier alpha value is -1.62. The minimum absolute atomic E-state index is 0.0532. The topological polar surface area (TPSA) is 49.0 Å². The number of fused-ring (bicyclic) bond motifs is 1. The molecule has 2 aromatic heterocycles. The number of carbonyl (C=O) groups excluding carboxylic acids is 1. The van der Waals surface area contributed by atoms with Gasteiger partial charge in [-0.25, -0.2) is 0 Å². The van der Waals surface area contributed by atoms with Crippen LogP contribution in [0.4, 0.5) is 0 Å². The van der Waals surface area contributed by atoms with Gasteiger partial charge in [-0.1, -0.05) is 0 Å². The van der Waals surface area contributed by atoms with Gasteiger partial charge in [-0.2, -0.15) is 5.10 Å². The van der Waals surface area contributed by atoms with Crippen LogP contribution in [0, 0.1) is 0 Å². The molecule has 1 N–H and O–H groups in total. The van der Waals surface area contributed by atoms with Gasteiger partial charge < -0.3 is 4.90 Å². The summed E-state index contributed by atoms with van der Waals surface area (Å²) in [6, 6.07) is 4.23. The summed E-state index contributed by atoms with van der Waals surface area (Å²) in [5.41, 5.74) is 2.99. The fraction of sp³-hybridized carbons (Fsp3) is 0.467. The van der Waals surface area contributed by atoms with E-state index < -0.39 is 0 Å². The molecule has 0 aromatic carbocycles. The minimum atomic E-state index is 0.0532. The zero-order chi connectivity index (χ0) is 13.7. The minimum Gasteiger partial charge on any atom is -0.330 e. The van der Waals surface area contributed by atoms with Crippen LogP contribution in [-0.2, 0) is 6.42 Å². The van der Waals surface area contributed by atoms with E-state index in [1.165, 1.54) is 23.3 Å². The molecule has 2 aromatic rings. The van der Waals surface area contributed by atoms with E-state index in [9.17, 15) is 4.79 Å². The number of aromatic amines is 1. The molecule has 1 aliphatic heterocycles. The highest BCUT2D eigenvalue weighted by Crippen LogP contribution is 2.39. The van der Waals surface area contributed by atoms with Crippen molar-refractivity contribution in [3.8, 4) is 0 Å². The zero-order valence-electron chi connectivity index (χ0n) is 11.4. The lowest BCUT2D eigenvalue weighted by molar-refractivity contribution is 0.0673. The Balaban J connectivity index is 1.59. The first kappa shape index (κ1) is 12.1. The normalized spacial score (nSPS) is 21.9. The van der Waals surface area contributed by atoms with Crippen molar-refractivity contribution in [1.82, 2.24) is 15.1 Å². The molecule has 3 heterocycles. The van der Waals surface area contributed by atoms with Crippen LogP contribution >= 0.6 is 11.3 Å². The number of nitrogens with zero attached hydrogens (tertiary/aromatic N) is 2. The number of aromatic nitrogens is 2. The van der Waals surface area contributed by atoms with E-state index in [4.69, 9.17) is 0 Å². The maximum Gasteiger partial charge on any atom is 0.274 e. The molecular weight excluding hydrogens is 270 g/mol. The molecule has 0 bridgehead atoms. The highest BCUT2D eigenvalue weighted by molar-refractivity contribution is 7.10. The van der Waals surface area contributed by atoms with Crippen LogP contribution < -0.4 is 0 Å². The molecule has 2 aliphatic rings. The highest BCUT2D eigenvalue weighted by atomic mass is 32.1. The molecule has 1 atom stereocenters. The molecule has 1 saturated carbocycles. The first-order chi connectivity index (χ1) is 9.74. The second-order valence-electron chi connectivity index (χ2n) is 5.71. The molecule has 4 rings (SSSR count). The van der Waals surface area contributed by atoms with E-state index >= 15 is 0 Å². The average Bonchev–Trinajstić information content (AvgIpc) is 3.01. The zero-order valence-corrected chi connectivity index (χ0v) is 12.2. The quantitative estimate of drug-likeness (QED) is 0.922. The first-order valence-electron chi connectivity index (χ1n) is 7.16. The van der Waals surface area contributed by atoms with E-state index in [1.54, 1.807) is 11.3 Å². The van der Waals surface area contributed by atoms with E-state index in [2.05, 4.69) is 28.6 Å². The summed E-state index contributed by atoms with van der Waals surface area (Å²) >= 11 is 1.80. The van der Waals surface area contributed by atoms with Gasteiger partial charge in [0.05, 0.1) is 6.04 Å². The summed E-state index contributed by atoms with van der Waals surface area (Å²) < 4.78 is 0. The van der Waals surface area contributed by atoms with E-state index in [0.717, 1.165) is 18.7 Å². The standard InChI is InChI=1S/C15H17N3OS/c1-9-11-5-7-20-14(11)4-6-18(9)15(19)13-8-12(16-17-13)10-2-3-10/h5,7-10H,2-4,6H2,1H3,(H,16,17)/t9-/m0/s1. The van der Waals surface area contributed by atoms with Gasteiger partial charge in [0.1, 0.15) is 5.69 Å². The summed E-state index contributed by atoms with van der Waals surface area (Å²) in [5.74, 6) is 0.656. The van der Waals surface area contributed by atoms with Gasteiger partial charge in [-0.3, -0.25) is 9.89 Å². The lowest BCUT2D eigenvalue weighted by Crippen LogP contribution is -2.38. The Labute approximate surface area is 121 Å². The number of rotatable bonds is 2. The summed E-state index contributed by atoms with van der Waals surface area (Å²) in [5, 5.41) is 9.36. The third kappa shape index (κ3) is 1.88. The molecule has 20 heavy (non-hydrogen) atoms. The van der Waals surface area contributed by atoms with Crippen molar-refractivity contribution >= 4 is 17.2 Å². The van der Waals surface area contributed by atoms with Gasteiger partial charge in [0.2, 0.25) is 0 Å². The van der Waals surface area contributed by atoms with Gasteiger partial charge in [-0.05, 0) is 49.3 Å². The largest absolute Gasteiger partial charge is 0.330 e. The van der Waals surface area contributed by atoms with Crippen molar-refractivity contribution in [2.45, 2.75) is 38.1 Å². The molecule has 5 heteroatoms. The first-order valence-corrected chi connectivity index (χ1v) is 8.04. The second kappa shape index (κ2) is 4.45. The van der Waals surface area contributed by atoms with Gasteiger partial charge in [0.25, 0.3) is 5.91 Å². The lowest BCUT2D eigenvalue weighted by atomic mass is 10.0. The number of thiophene rings is 1. The number of nitrogens with one attached hydrogen (secondary N) is 1. The van der Waals surface area contributed by atoms with Gasteiger partial charge in [-0.15, -0.1) is 11.3 Å². The van der Waals surface area contributed by atoms with Crippen molar-refractivity contribution in [1.29, 1.82) is 0 Å². The molecule has 0 radical (unpaired) electrons. The molecule has 0 unspecified atom stereocenters. The summed E-state index contributed by atoms with van der Waals surface area (Å²) in [7, 11) is 0. The third-order valence-electron chi connectivity index (χ3n) is 4.37. The summed E-state index contributed by atoms with van der Waals surface area (Å²) in [4.78, 5) is 16.0. The average molecular weight is 287 g/mol. The number of hydrogen-bond acceptors (Lipinski definition) is 3. The van der Waals surface area contributed by atoms with Gasteiger partial charge in [0.15, 0.2) is 0 Å². The van der Waals surface area contributed by atoms with Crippen molar-refractivity contribution in [3.05, 3.63) is 39.3 Å². The Morgan fingerprint density at radius 3 is 3.15 bits per heavy atom. The van der Waals surface area contributed by atoms with Gasteiger partial charge >= 0.3 is 0 Å². The van der Waals surface area contributed by atoms with Crippen LogP contribution in [0.2, 0.25) is 0 Å². The highest BCUT2D eigenvalue weighted by Gasteiger charge is 2.31. The summed E-state index contributed by atoms with van der Waals surface area (Å²) in [6.45, 7) is 2.90. The Kier molecular flexibility index (Phi) is 2.70. The lowest BCUT2D eigenvalue weighted by Gasteiger charge is -2.33. The van der Waals surface area contributed by atoms with Crippen LogP contribution in [-0.4, -0.2) is 27.5 Å². The van der Waals surface area contributed by atoms with Crippen LogP contribution in [0.3, 0.4) is 0 Å². The molecule has 104 valence electrons. The fourth-order valence-electron chi connectivity index (χ4n) is 2.98. The monoisotopic (exact) mass is 287 g/mol. The SMILES string of the molecule is C[C@H]1c2ccsc2CCN1C(=O)c1cc(C2CC2)[nH]n1. The van der Waals surface area contributed by atoms with Gasteiger partial charge in [0, 0.05) is 23.0 Å². The number of amides is 1. The number of H-pyrrole nitrogens is 1. The maximum absolute atomic E-state index is 12.6. The number of carbonyl (C=O) groups is 1. The second-order valence-corrected chi connectivity index (χ2v) is 6.71. The van der Waals surface area contributed by atoms with E-state index in [-0.39, 0.29) is 11.9 Å². The molecule has 1 fully saturated rings. The van der Waals surface area contributed by atoms with Crippen molar-refractivity contribution in [3.63, 3.8) is 0 Å². The molecule has 1 aliphatic carbocycles. The molecule has 4 nitrogen and oxygen atoms in total. The molecule has 0 saturated heterocycles. The smallest absolute Gasteiger partial charge is 0.274 e. The maximum atomic E-state index is 12.6. The van der Waals surface area contributed by atoms with Crippen molar-refractivity contribution in [2.75, 3.05) is 6.54 Å². The van der Waals surface area contributed by atoms with Crippen LogP contribution in [0.1, 0.15) is 58.3 Å². The summed E-state index contributed by atoms with van der Waals surface area (Å²) in [6.07, 6.45) is 3.39. The fourth-order valence-corrected chi connectivity index (χ4v) is 3.95. The Morgan fingerprint density at radius 1 is 1.50 bits per heavy atom. The molecule has 1 amide bonds. The third-order valence-corrected chi connectivity index (χ3v) is 5.37. The van der Waals surface area contributed by atoms with Crippen molar-refractivity contribution < 1.29 is 4.79 Å². The Bertz CT molecular complexity index is 656. The van der Waals surface area contributed by atoms with E-state index in [0.29, 0.717) is 11.6 Å². The predicted molar refractivity (Wildman–Crippen MR) is 78.0 cm³/mol.